The van der Waals surface area contributed by atoms with E-state index >= 15 is 0 Å². The van der Waals surface area contributed by atoms with Gasteiger partial charge in [-0.3, -0.25) is 4.79 Å². The molecule has 4 aromatic rings. The van der Waals surface area contributed by atoms with Gasteiger partial charge in [-0.15, -0.1) is 0 Å². The van der Waals surface area contributed by atoms with Crippen LogP contribution in [0.2, 0.25) is 0 Å². The highest BCUT2D eigenvalue weighted by molar-refractivity contribution is 6.01. The van der Waals surface area contributed by atoms with Crippen LogP contribution >= 0.6 is 0 Å². The van der Waals surface area contributed by atoms with Gasteiger partial charge in [-0.2, -0.15) is 0 Å². The number of anilines is 1. The maximum atomic E-state index is 12.5. The lowest BCUT2D eigenvalue weighted by atomic mass is 9.99. The summed E-state index contributed by atoms with van der Waals surface area (Å²) in [6.45, 7) is 3.67. The number of aromatic nitrogens is 2. The molecule has 2 aromatic heterocycles. The van der Waals surface area contributed by atoms with Gasteiger partial charge in [0.25, 0.3) is 5.56 Å². The zero-order valence-corrected chi connectivity index (χ0v) is 14.6. The Morgan fingerprint density at radius 2 is 2.12 bits per heavy atom. The maximum Gasteiger partial charge on any atom is 0.294 e. The monoisotopic (exact) mass is 345 g/mol. The average molecular weight is 345 g/mol. The van der Waals surface area contributed by atoms with Crippen molar-refractivity contribution in [2.24, 2.45) is 0 Å². The van der Waals surface area contributed by atoms with E-state index < -0.39 is 0 Å². The quantitative estimate of drug-likeness (QED) is 0.598. The molecule has 0 radical (unpaired) electrons. The molecule has 1 aliphatic rings. The van der Waals surface area contributed by atoms with Gasteiger partial charge in [0.1, 0.15) is 16.9 Å². The molecule has 1 N–H and O–H groups in total. The third kappa shape index (κ3) is 2.39. The van der Waals surface area contributed by atoms with E-state index in [4.69, 9.17) is 9.40 Å². The summed E-state index contributed by atoms with van der Waals surface area (Å²) in [5.74, 6) is 0.669. The van der Waals surface area contributed by atoms with Gasteiger partial charge in [0.2, 0.25) is 5.58 Å². The number of hydrogen-bond acceptors (Lipinski definition) is 4. The third-order valence-corrected chi connectivity index (χ3v) is 5.07. The Kier molecular flexibility index (Phi) is 3.35. The van der Waals surface area contributed by atoms with Crippen LogP contribution < -0.4 is 10.5 Å². The molecular weight excluding hydrogens is 326 g/mol. The molecule has 5 heteroatoms. The fraction of sp³-hybridized carbons (Fsp3) is 0.238. The van der Waals surface area contributed by atoms with Crippen LogP contribution in [0, 0.1) is 6.92 Å². The maximum absolute atomic E-state index is 12.5. The van der Waals surface area contributed by atoms with E-state index in [1.807, 2.05) is 24.3 Å². The van der Waals surface area contributed by atoms with Gasteiger partial charge in [0.05, 0.1) is 6.54 Å². The molecule has 2 aromatic carbocycles. The van der Waals surface area contributed by atoms with E-state index in [0.29, 0.717) is 29.1 Å². The molecule has 3 heterocycles. The smallest absolute Gasteiger partial charge is 0.294 e. The molecule has 0 bridgehead atoms. The number of nitrogens with zero attached hydrogens (tertiary/aromatic N) is 2. The van der Waals surface area contributed by atoms with Gasteiger partial charge >= 0.3 is 0 Å². The highest BCUT2D eigenvalue weighted by Crippen LogP contribution is 2.29. The van der Waals surface area contributed by atoms with Gasteiger partial charge in [0, 0.05) is 17.6 Å². The largest absolute Gasteiger partial charge is 0.449 e. The Morgan fingerprint density at radius 3 is 3.04 bits per heavy atom. The predicted molar refractivity (Wildman–Crippen MR) is 103 cm³/mol. The van der Waals surface area contributed by atoms with Crippen LogP contribution in [0.1, 0.15) is 23.4 Å². The highest BCUT2D eigenvalue weighted by atomic mass is 16.3. The minimum Gasteiger partial charge on any atom is -0.449 e. The van der Waals surface area contributed by atoms with Crippen molar-refractivity contribution in [3.63, 3.8) is 0 Å². The van der Waals surface area contributed by atoms with E-state index in [0.717, 1.165) is 24.8 Å². The second-order valence-corrected chi connectivity index (χ2v) is 6.95. The first-order valence-corrected chi connectivity index (χ1v) is 8.94. The first-order chi connectivity index (χ1) is 12.7. The minimum atomic E-state index is -0.220. The number of aromatic amines is 1. The summed E-state index contributed by atoms with van der Waals surface area (Å²) in [7, 11) is 0. The summed E-state index contributed by atoms with van der Waals surface area (Å²) in [6, 6.07) is 14.2. The summed E-state index contributed by atoms with van der Waals surface area (Å²) >= 11 is 0. The Labute approximate surface area is 150 Å². The number of fused-ring (bicyclic) bond motifs is 4. The van der Waals surface area contributed by atoms with Crippen LogP contribution in [-0.4, -0.2) is 16.5 Å². The van der Waals surface area contributed by atoms with E-state index in [1.165, 1.54) is 16.8 Å². The van der Waals surface area contributed by atoms with Gasteiger partial charge in [-0.25, -0.2) is 4.98 Å². The molecule has 0 saturated heterocycles. The van der Waals surface area contributed by atoms with Gasteiger partial charge in [-0.05, 0) is 43.5 Å². The lowest BCUT2D eigenvalue weighted by Crippen LogP contribution is -2.30. The zero-order valence-electron chi connectivity index (χ0n) is 14.6. The number of nitrogens with one attached hydrogen (secondary N) is 1. The van der Waals surface area contributed by atoms with Crippen LogP contribution in [-0.2, 0) is 13.0 Å². The molecule has 0 aliphatic carbocycles. The number of para-hydroxylation sites is 1. The van der Waals surface area contributed by atoms with E-state index in [1.54, 1.807) is 0 Å². The first-order valence-electron chi connectivity index (χ1n) is 8.94. The van der Waals surface area contributed by atoms with Crippen molar-refractivity contribution in [2.45, 2.75) is 26.3 Å². The second kappa shape index (κ2) is 5.73. The highest BCUT2D eigenvalue weighted by Gasteiger charge is 2.19. The lowest BCUT2D eigenvalue weighted by Gasteiger charge is -2.31. The van der Waals surface area contributed by atoms with Crippen molar-refractivity contribution in [3.8, 4) is 0 Å². The topological polar surface area (TPSA) is 62.1 Å². The molecule has 26 heavy (non-hydrogen) atoms. The van der Waals surface area contributed by atoms with E-state index in [9.17, 15) is 4.79 Å². The van der Waals surface area contributed by atoms with Crippen LogP contribution in [0.25, 0.3) is 22.1 Å². The Morgan fingerprint density at radius 1 is 1.23 bits per heavy atom. The van der Waals surface area contributed by atoms with Gasteiger partial charge < -0.3 is 14.3 Å². The van der Waals surface area contributed by atoms with Crippen LogP contribution in [0.3, 0.4) is 0 Å². The molecule has 0 amide bonds. The molecule has 0 unspecified atom stereocenters. The Bertz CT molecular complexity index is 1190. The number of furan rings is 1. The summed E-state index contributed by atoms with van der Waals surface area (Å²) in [5.41, 5.74) is 5.29. The number of aryl methyl sites for hydroxylation is 2. The number of hydrogen-bond donors (Lipinski definition) is 1. The zero-order chi connectivity index (χ0) is 17.7. The van der Waals surface area contributed by atoms with E-state index in [2.05, 4.69) is 35.0 Å². The van der Waals surface area contributed by atoms with Crippen molar-refractivity contribution in [1.29, 1.82) is 0 Å². The van der Waals surface area contributed by atoms with Crippen molar-refractivity contribution >= 4 is 27.8 Å². The number of rotatable bonds is 2. The Hall–Kier alpha value is -3.08. The van der Waals surface area contributed by atoms with Crippen molar-refractivity contribution in [3.05, 3.63) is 69.8 Å². The first kappa shape index (κ1) is 15.2. The van der Waals surface area contributed by atoms with Crippen molar-refractivity contribution < 1.29 is 4.42 Å². The SMILES string of the molecule is Cc1ccc2c(c1)CCCN2Cc1nc2c(oc3ccccc32)c(=O)[nH]1. The fourth-order valence-electron chi connectivity index (χ4n) is 3.87. The molecule has 5 nitrogen and oxygen atoms in total. The Balaban J connectivity index is 1.59. The molecular formula is C21H19N3O2. The normalized spacial score (nSPS) is 14.1. The predicted octanol–water partition coefficient (Wildman–Crippen LogP) is 3.93. The molecule has 0 fully saturated rings. The molecule has 0 atom stereocenters. The van der Waals surface area contributed by atoms with Crippen LogP contribution in [0.4, 0.5) is 5.69 Å². The summed E-state index contributed by atoms with van der Waals surface area (Å²) in [5, 5.41) is 0.879. The van der Waals surface area contributed by atoms with Crippen molar-refractivity contribution in [2.75, 3.05) is 11.4 Å². The van der Waals surface area contributed by atoms with E-state index in [-0.39, 0.29) is 5.56 Å². The summed E-state index contributed by atoms with van der Waals surface area (Å²) < 4.78 is 5.68. The number of benzene rings is 2. The third-order valence-electron chi connectivity index (χ3n) is 5.07. The molecule has 5 rings (SSSR count). The van der Waals surface area contributed by atoms with Gasteiger partial charge in [0.15, 0.2) is 0 Å². The number of H-pyrrole nitrogens is 1. The second-order valence-electron chi connectivity index (χ2n) is 6.95. The minimum absolute atomic E-state index is 0.220. The van der Waals surface area contributed by atoms with Crippen molar-refractivity contribution in [1.82, 2.24) is 9.97 Å². The summed E-state index contributed by atoms with van der Waals surface area (Å²) in [6.07, 6.45) is 2.21. The fourth-order valence-corrected chi connectivity index (χ4v) is 3.87. The molecule has 0 saturated carbocycles. The molecule has 1 aliphatic heterocycles. The van der Waals surface area contributed by atoms with Gasteiger partial charge in [-0.1, -0.05) is 29.8 Å². The van der Waals surface area contributed by atoms with Crippen LogP contribution in [0.5, 0.6) is 0 Å². The average Bonchev–Trinajstić information content (AvgIpc) is 3.01. The standard InChI is InChI=1S/C21H19N3O2/c1-13-8-9-16-14(11-13)5-4-10-24(16)12-18-22-19-15-6-2-3-7-17(15)26-20(19)21(25)23-18/h2-3,6-9,11H,4-5,10,12H2,1H3,(H,22,23,25). The lowest BCUT2D eigenvalue weighted by molar-refractivity contribution is 0.652. The summed E-state index contributed by atoms with van der Waals surface area (Å²) in [4.78, 5) is 22.4. The molecule has 130 valence electrons. The molecule has 0 spiro atoms. The van der Waals surface area contributed by atoms with Crippen LogP contribution in [0.15, 0.2) is 51.7 Å².